The fourth-order valence-corrected chi connectivity index (χ4v) is 2.92. The van der Waals surface area contributed by atoms with E-state index < -0.39 is 0 Å². The first kappa shape index (κ1) is 15.7. The lowest BCUT2D eigenvalue weighted by Crippen LogP contribution is -1.86. The standard InChI is InChI=1S/C16H29NS/c1-2-3-4-5-6-7-8-9-10-11-12-13-16-14-18-15-17-16/h14-15H,2-13H2,1H3. The molecule has 0 aliphatic rings. The quantitative estimate of drug-likeness (QED) is 0.423. The average molecular weight is 267 g/mol. The molecule has 0 spiro atoms. The lowest BCUT2D eigenvalue weighted by Gasteiger charge is -2.02. The van der Waals surface area contributed by atoms with Crippen LogP contribution in [0.2, 0.25) is 0 Å². The highest BCUT2D eigenvalue weighted by atomic mass is 32.1. The maximum absolute atomic E-state index is 4.32. The van der Waals surface area contributed by atoms with Crippen molar-refractivity contribution in [3.8, 4) is 0 Å². The highest BCUT2D eigenvalue weighted by molar-refractivity contribution is 7.07. The second kappa shape index (κ2) is 11.7. The average Bonchev–Trinajstić information content (AvgIpc) is 2.89. The second-order valence-corrected chi connectivity index (χ2v) is 5.98. The Morgan fingerprint density at radius 3 is 1.89 bits per heavy atom. The van der Waals surface area contributed by atoms with Crippen molar-refractivity contribution in [1.82, 2.24) is 4.98 Å². The van der Waals surface area contributed by atoms with Gasteiger partial charge in [0, 0.05) is 5.38 Å². The van der Waals surface area contributed by atoms with Crippen LogP contribution in [0.15, 0.2) is 10.9 Å². The van der Waals surface area contributed by atoms with E-state index in [1.54, 1.807) is 11.3 Å². The summed E-state index contributed by atoms with van der Waals surface area (Å²) in [5.41, 5.74) is 3.23. The Morgan fingerprint density at radius 1 is 0.833 bits per heavy atom. The van der Waals surface area contributed by atoms with Crippen molar-refractivity contribution < 1.29 is 0 Å². The van der Waals surface area contributed by atoms with E-state index >= 15 is 0 Å². The SMILES string of the molecule is CCCCCCCCCCCCCc1cscn1. The summed E-state index contributed by atoms with van der Waals surface area (Å²) in [6.07, 6.45) is 16.8. The van der Waals surface area contributed by atoms with E-state index in [-0.39, 0.29) is 0 Å². The van der Waals surface area contributed by atoms with Crippen LogP contribution in [0.4, 0.5) is 0 Å². The predicted octanol–water partition coefficient (Wildman–Crippen LogP) is 6.00. The number of unbranched alkanes of at least 4 members (excludes halogenated alkanes) is 10. The van der Waals surface area contributed by atoms with Gasteiger partial charge in [0.05, 0.1) is 11.2 Å². The number of thiazole rings is 1. The molecule has 2 heteroatoms. The number of hydrogen-bond acceptors (Lipinski definition) is 2. The number of rotatable bonds is 12. The molecule has 104 valence electrons. The van der Waals surface area contributed by atoms with E-state index in [0.29, 0.717) is 0 Å². The zero-order chi connectivity index (χ0) is 12.9. The van der Waals surface area contributed by atoms with E-state index in [9.17, 15) is 0 Å². The minimum Gasteiger partial charge on any atom is -0.250 e. The van der Waals surface area contributed by atoms with Crippen molar-refractivity contribution in [3.63, 3.8) is 0 Å². The van der Waals surface area contributed by atoms with E-state index in [1.165, 1.54) is 82.7 Å². The number of hydrogen-bond donors (Lipinski definition) is 0. The molecule has 0 fully saturated rings. The Kier molecular flexibility index (Phi) is 10.2. The van der Waals surface area contributed by atoms with Crippen LogP contribution in [0.1, 0.15) is 83.2 Å². The van der Waals surface area contributed by atoms with Crippen molar-refractivity contribution >= 4 is 11.3 Å². The van der Waals surface area contributed by atoms with Gasteiger partial charge in [0.2, 0.25) is 0 Å². The third-order valence-electron chi connectivity index (χ3n) is 3.52. The molecule has 0 N–H and O–H groups in total. The van der Waals surface area contributed by atoms with Gasteiger partial charge in [0.25, 0.3) is 0 Å². The molecule has 0 aliphatic heterocycles. The van der Waals surface area contributed by atoms with Crippen molar-refractivity contribution in [1.29, 1.82) is 0 Å². The maximum atomic E-state index is 4.32. The lowest BCUT2D eigenvalue weighted by molar-refractivity contribution is 0.549. The van der Waals surface area contributed by atoms with Gasteiger partial charge in [-0.25, -0.2) is 4.98 Å². The lowest BCUT2D eigenvalue weighted by atomic mass is 10.1. The van der Waals surface area contributed by atoms with Gasteiger partial charge in [0.1, 0.15) is 0 Å². The van der Waals surface area contributed by atoms with Crippen LogP contribution in [0.25, 0.3) is 0 Å². The molecule has 0 amide bonds. The zero-order valence-electron chi connectivity index (χ0n) is 12.0. The second-order valence-electron chi connectivity index (χ2n) is 5.27. The summed E-state index contributed by atoms with van der Waals surface area (Å²) in [6.45, 7) is 2.28. The van der Waals surface area contributed by atoms with E-state index in [2.05, 4.69) is 17.3 Å². The molecule has 0 unspecified atom stereocenters. The molecule has 0 saturated carbocycles. The largest absolute Gasteiger partial charge is 0.250 e. The summed E-state index contributed by atoms with van der Waals surface area (Å²) in [5.74, 6) is 0. The van der Waals surface area contributed by atoms with E-state index in [4.69, 9.17) is 0 Å². The highest BCUT2D eigenvalue weighted by Gasteiger charge is 1.96. The van der Waals surface area contributed by atoms with Crippen LogP contribution < -0.4 is 0 Å². The molecule has 1 nitrogen and oxygen atoms in total. The molecule has 18 heavy (non-hydrogen) atoms. The van der Waals surface area contributed by atoms with Crippen LogP contribution in [0, 0.1) is 0 Å². The molecule has 1 heterocycles. The van der Waals surface area contributed by atoms with Gasteiger partial charge in [-0.2, -0.15) is 0 Å². The van der Waals surface area contributed by atoms with Gasteiger partial charge in [-0.05, 0) is 12.8 Å². The van der Waals surface area contributed by atoms with Gasteiger partial charge >= 0.3 is 0 Å². The molecule has 0 aliphatic carbocycles. The van der Waals surface area contributed by atoms with Crippen LogP contribution >= 0.6 is 11.3 Å². The van der Waals surface area contributed by atoms with Crippen molar-refractivity contribution in [2.75, 3.05) is 0 Å². The van der Waals surface area contributed by atoms with Gasteiger partial charge < -0.3 is 0 Å². The summed E-state index contributed by atoms with van der Waals surface area (Å²) in [7, 11) is 0. The Labute approximate surface area is 117 Å². The fourth-order valence-electron chi connectivity index (χ4n) is 2.33. The van der Waals surface area contributed by atoms with Crippen molar-refractivity contribution in [2.24, 2.45) is 0 Å². The molecule has 1 aromatic heterocycles. The Bertz CT molecular complexity index is 256. The molecule has 0 aromatic carbocycles. The van der Waals surface area contributed by atoms with Gasteiger partial charge in [-0.3, -0.25) is 0 Å². The molecule has 1 aromatic rings. The topological polar surface area (TPSA) is 12.9 Å². The first-order chi connectivity index (χ1) is 8.93. The molecule has 1 rings (SSSR count). The molecular weight excluding hydrogens is 238 g/mol. The predicted molar refractivity (Wildman–Crippen MR) is 82.3 cm³/mol. The highest BCUT2D eigenvalue weighted by Crippen LogP contribution is 2.12. The van der Waals surface area contributed by atoms with Crippen molar-refractivity contribution in [2.45, 2.75) is 84.0 Å². The van der Waals surface area contributed by atoms with Gasteiger partial charge in [0.15, 0.2) is 0 Å². The summed E-state index contributed by atoms with van der Waals surface area (Å²) in [6, 6.07) is 0. The van der Waals surface area contributed by atoms with Crippen molar-refractivity contribution in [3.05, 3.63) is 16.6 Å². The van der Waals surface area contributed by atoms with Crippen LogP contribution in [0.5, 0.6) is 0 Å². The fraction of sp³-hybridized carbons (Fsp3) is 0.812. The number of nitrogens with zero attached hydrogens (tertiary/aromatic N) is 1. The van der Waals surface area contributed by atoms with Crippen LogP contribution in [0.3, 0.4) is 0 Å². The Hall–Kier alpha value is -0.370. The summed E-state index contributed by atoms with van der Waals surface area (Å²) in [4.78, 5) is 4.32. The Morgan fingerprint density at radius 2 is 1.39 bits per heavy atom. The maximum Gasteiger partial charge on any atom is 0.0794 e. The number of aromatic nitrogens is 1. The van der Waals surface area contributed by atoms with Crippen LogP contribution in [-0.4, -0.2) is 4.98 Å². The van der Waals surface area contributed by atoms with E-state index in [0.717, 1.165) is 0 Å². The minimum absolute atomic E-state index is 1.18. The summed E-state index contributed by atoms with van der Waals surface area (Å²) in [5, 5.41) is 2.18. The first-order valence-corrected chi connectivity index (χ1v) is 8.75. The molecule has 0 radical (unpaired) electrons. The first-order valence-electron chi connectivity index (χ1n) is 7.80. The minimum atomic E-state index is 1.18. The number of aryl methyl sites for hydroxylation is 1. The Balaban J connectivity index is 1.73. The van der Waals surface area contributed by atoms with E-state index in [1.807, 2.05) is 5.51 Å². The molecule has 0 saturated heterocycles. The summed E-state index contributed by atoms with van der Waals surface area (Å²) < 4.78 is 0. The third kappa shape index (κ3) is 8.68. The third-order valence-corrected chi connectivity index (χ3v) is 4.16. The normalized spacial score (nSPS) is 10.9. The monoisotopic (exact) mass is 267 g/mol. The molecular formula is C16H29NS. The smallest absolute Gasteiger partial charge is 0.0794 e. The zero-order valence-corrected chi connectivity index (χ0v) is 12.8. The van der Waals surface area contributed by atoms with Gasteiger partial charge in [-0.15, -0.1) is 11.3 Å². The van der Waals surface area contributed by atoms with Crippen LogP contribution in [-0.2, 0) is 6.42 Å². The summed E-state index contributed by atoms with van der Waals surface area (Å²) >= 11 is 1.71. The molecule has 0 atom stereocenters. The molecule has 0 bridgehead atoms. The van der Waals surface area contributed by atoms with Gasteiger partial charge in [-0.1, -0.05) is 71.1 Å².